The number of rotatable bonds is 4. The van der Waals surface area contributed by atoms with Crippen molar-refractivity contribution in [3.05, 3.63) is 36.0 Å². The normalized spacial score (nSPS) is 25.5. The first-order chi connectivity index (χ1) is 12.4. The van der Waals surface area contributed by atoms with Crippen LogP contribution in [0.4, 0.5) is 0 Å². The fourth-order valence-electron chi connectivity index (χ4n) is 4.23. The molecule has 7 nitrogen and oxygen atoms in total. The molecule has 2 aromatic rings. The summed E-state index contributed by atoms with van der Waals surface area (Å²) in [6.45, 7) is 2.64. The molecule has 4 rings (SSSR count). The average molecular weight is 377 g/mol. The highest BCUT2D eigenvalue weighted by atomic mass is 32.2. The topological polar surface area (TPSA) is 93.7 Å². The van der Waals surface area contributed by atoms with Crippen LogP contribution in [0.2, 0.25) is 0 Å². The zero-order valence-electron chi connectivity index (χ0n) is 14.5. The minimum absolute atomic E-state index is 0.0820. The maximum Gasteiger partial charge on any atom is 0.325 e. The predicted octanol–water partition coefficient (Wildman–Crippen LogP) is 1.10. The molecular formula is C18H23N3O4S. The van der Waals surface area contributed by atoms with Crippen LogP contribution in [0.3, 0.4) is 0 Å². The van der Waals surface area contributed by atoms with E-state index < -0.39 is 21.8 Å². The number of nitrogens with zero attached hydrogens (tertiary/aromatic N) is 2. The second kappa shape index (κ2) is 6.68. The monoisotopic (exact) mass is 377 g/mol. The minimum Gasteiger partial charge on any atom is -0.480 e. The van der Waals surface area contributed by atoms with Crippen molar-refractivity contribution >= 4 is 26.7 Å². The average Bonchev–Trinajstić information content (AvgIpc) is 3.19. The van der Waals surface area contributed by atoms with E-state index in [9.17, 15) is 18.3 Å². The van der Waals surface area contributed by atoms with Crippen molar-refractivity contribution in [3.8, 4) is 0 Å². The summed E-state index contributed by atoms with van der Waals surface area (Å²) in [7, 11) is -2.90. The van der Waals surface area contributed by atoms with E-state index >= 15 is 0 Å². The number of H-pyrrole nitrogens is 1. The summed E-state index contributed by atoms with van der Waals surface area (Å²) >= 11 is 0. The van der Waals surface area contributed by atoms with Crippen LogP contribution in [0.15, 0.2) is 30.5 Å². The van der Waals surface area contributed by atoms with Gasteiger partial charge in [-0.2, -0.15) is 0 Å². The zero-order valence-corrected chi connectivity index (χ0v) is 15.3. The Labute approximate surface area is 152 Å². The first-order valence-electron chi connectivity index (χ1n) is 8.92. The van der Waals surface area contributed by atoms with E-state index in [4.69, 9.17) is 0 Å². The number of carboxylic acid groups (broad SMARTS) is 1. The van der Waals surface area contributed by atoms with Gasteiger partial charge in [0.25, 0.3) is 0 Å². The lowest BCUT2D eigenvalue weighted by atomic mass is 10.0. The fourth-order valence-corrected chi connectivity index (χ4v) is 5.99. The van der Waals surface area contributed by atoms with E-state index in [1.807, 2.05) is 29.2 Å². The van der Waals surface area contributed by atoms with Crippen LogP contribution in [0.1, 0.15) is 18.0 Å². The lowest BCUT2D eigenvalue weighted by Gasteiger charge is -2.39. The number of sulfone groups is 1. The minimum atomic E-state index is -2.90. The van der Waals surface area contributed by atoms with Gasteiger partial charge in [0.1, 0.15) is 6.04 Å². The van der Waals surface area contributed by atoms with E-state index in [1.165, 1.54) is 0 Å². The molecule has 2 atom stereocenters. The molecule has 26 heavy (non-hydrogen) atoms. The number of aliphatic carboxylic acids is 1. The number of aromatic nitrogens is 1. The van der Waals surface area contributed by atoms with Crippen LogP contribution in [0, 0.1) is 0 Å². The van der Waals surface area contributed by atoms with E-state index in [0.29, 0.717) is 32.6 Å². The molecule has 1 aromatic heterocycles. The van der Waals surface area contributed by atoms with Gasteiger partial charge in [0.2, 0.25) is 0 Å². The van der Waals surface area contributed by atoms with Gasteiger partial charge in [-0.1, -0.05) is 18.2 Å². The third kappa shape index (κ3) is 3.24. The standard InChI is InChI=1S/C18H23N3O4S/c22-18(23)17(15-11-19-16-4-2-1-3-14(15)16)21-8-6-20(7-9-21)13-5-10-26(24,25)12-13/h1-4,11,13,17,19H,5-10,12H2,(H,22,23)/t13-,17-/m0/s1. The molecule has 140 valence electrons. The molecule has 0 unspecified atom stereocenters. The molecule has 0 bridgehead atoms. The molecule has 3 heterocycles. The van der Waals surface area contributed by atoms with Gasteiger partial charge < -0.3 is 10.1 Å². The molecule has 0 amide bonds. The Morgan fingerprint density at radius 2 is 1.92 bits per heavy atom. The van der Waals surface area contributed by atoms with Crippen molar-refractivity contribution in [3.63, 3.8) is 0 Å². The van der Waals surface area contributed by atoms with Crippen molar-refractivity contribution in [2.45, 2.75) is 18.5 Å². The van der Waals surface area contributed by atoms with Crippen molar-refractivity contribution < 1.29 is 18.3 Å². The number of fused-ring (bicyclic) bond motifs is 1. The maximum atomic E-state index is 12.0. The van der Waals surface area contributed by atoms with Crippen molar-refractivity contribution in [1.29, 1.82) is 0 Å². The highest BCUT2D eigenvalue weighted by Gasteiger charge is 2.37. The first-order valence-corrected chi connectivity index (χ1v) is 10.7. The van der Waals surface area contributed by atoms with Gasteiger partial charge in [-0.25, -0.2) is 8.42 Å². The molecule has 8 heteroatoms. The van der Waals surface area contributed by atoms with Gasteiger partial charge >= 0.3 is 5.97 Å². The number of benzene rings is 1. The van der Waals surface area contributed by atoms with E-state index in [-0.39, 0.29) is 17.5 Å². The Hall–Kier alpha value is -1.90. The third-order valence-corrected chi connectivity index (χ3v) is 7.34. The molecule has 2 aliphatic heterocycles. The number of nitrogens with one attached hydrogen (secondary N) is 1. The molecule has 2 aliphatic rings. The zero-order chi connectivity index (χ0) is 18.3. The molecule has 0 radical (unpaired) electrons. The molecule has 2 saturated heterocycles. The summed E-state index contributed by atoms with van der Waals surface area (Å²) in [6, 6.07) is 7.11. The lowest BCUT2D eigenvalue weighted by molar-refractivity contribution is -0.144. The van der Waals surface area contributed by atoms with Gasteiger partial charge in [0.05, 0.1) is 11.5 Å². The van der Waals surface area contributed by atoms with Gasteiger partial charge in [0, 0.05) is 54.9 Å². The summed E-state index contributed by atoms with van der Waals surface area (Å²) in [5.41, 5.74) is 1.72. The number of aromatic amines is 1. The number of carboxylic acids is 1. The summed E-state index contributed by atoms with van der Waals surface area (Å²) in [5.74, 6) is -0.352. The quantitative estimate of drug-likeness (QED) is 0.829. The smallest absolute Gasteiger partial charge is 0.325 e. The Morgan fingerprint density at radius 3 is 2.58 bits per heavy atom. The summed E-state index contributed by atoms with van der Waals surface area (Å²) < 4.78 is 23.4. The lowest BCUT2D eigenvalue weighted by Crippen LogP contribution is -2.52. The Bertz CT molecular complexity index is 915. The van der Waals surface area contributed by atoms with Gasteiger partial charge in [-0.05, 0) is 12.5 Å². The van der Waals surface area contributed by atoms with Gasteiger partial charge in [-0.3, -0.25) is 14.6 Å². The van der Waals surface area contributed by atoms with Crippen molar-refractivity contribution in [1.82, 2.24) is 14.8 Å². The van der Waals surface area contributed by atoms with Crippen LogP contribution in [0.5, 0.6) is 0 Å². The molecule has 1 aromatic carbocycles. The van der Waals surface area contributed by atoms with Crippen LogP contribution < -0.4 is 0 Å². The Morgan fingerprint density at radius 1 is 1.19 bits per heavy atom. The predicted molar refractivity (Wildman–Crippen MR) is 98.9 cm³/mol. The molecule has 2 fully saturated rings. The molecule has 0 saturated carbocycles. The Balaban J connectivity index is 1.50. The van der Waals surface area contributed by atoms with Crippen molar-refractivity contribution in [2.75, 3.05) is 37.7 Å². The third-order valence-electron chi connectivity index (χ3n) is 5.59. The van der Waals surface area contributed by atoms with Gasteiger partial charge in [0.15, 0.2) is 9.84 Å². The van der Waals surface area contributed by atoms with E-state index in [1.54, 1.807) is 6.20 Å². The van der Waals surface area contributed by atoms with Crippen LogP contribution in [-0.2, 0) is 14.6 Å². The van der Waals surface area contributed by atoms with Crippen LogP contribution >= 0.6 is 0 Å². The van der Waals surface area contributed by atoms with Crippen molar-refractivity contribution in [2.24, 2.45) is 0 Å². The van der Waals surface area contributed by atoms with Crippen LogP contribution in [-0.4, -0.2) is 78.0 Å². The SMILES string of the molecule is O=C(O)[C@H](c1c[nH]c2ccccc12)N1CCN([C@H]2CCS(=O)(=O)C2)CC1. The maximum absolute atomic E-state index is 12.0. The number of hydrogen-bond acceptors (Lipinski definition) is 5. The molecular weight excluding hydrogens is 354 g/mol. The number of piperazine rings is 1. The number of hydrogen-bond donors (Lipinski definition) is 2. The first kappa shape index (κ1) is 17.5. The van der Waals surface area contributed by atoms with E-state index in [0.717, 1.165) is 16.5 Å². The summed E-state index contributed by atoms with van der Waals surface area (Å²) in [4.78, 5) is 19.4. The second-order valence-corrected chi connectivity index (χ2v) is 9.39. The van der Waals surface area contributed by atoms with Crippen LogP contribution in [0.25, 0.3) is 10.9 Å². The summed E-state index contributed by atoms with van der Waals surface area (Å²) in [6.07, 6.45) is 2.48. The van der Waals surface area contributed by atoms with E-state index in [2.05, 4.69) is 9.88 Å². The highest BCUT2D eigenvalue weighted by molar-refractivity contribution is 7.91. The van der Waals surface area contributed by atoms with Gasteiger partial charge in [-0.15, -0.1) is 0 Å². The molecule has 0 spiro atoms. The molecule has 0 aliphatic carbocycles. The Kier molecular flexibility index (Phi) is 4.50. The number of carbonyl (C=O) groups is 1. The second-order valence-electron chi connectivity index (χ2n) is 7.16. The molecule has 2 N–H and O–H groups in total. The highest BCUT2D eigenvalue weighted by Crippen LogP contribution is 2.30. The summed E-state index contributed by atoms with van der Waals surface area (Å²) in [5, 5.41) is 10.8. The fraction of sp³-hybridized carbons (Fsp3) is 0.500. The largest absolute Gasteiger partial charge is 0.480 e. The number of para-hydroxylation sites is 1.